The average molecular weight is 566 g/mol. The van der Waals surface area contributed by atoms with Crippen LogP contribution in [-0.2, 0) is 16.0 Å². The molecule has 1 aromatic heterocycles. The van der Waals surface area contributed by atoms with E-state index in [0.717, 1.165) is 27.6 Å². The molecule has 4 rings (SSSR count). The number of carbonyl (C=O) groups excluding carboxylic acids is 2. The fourth-order valence-corrected chi connectivity index (χ4v) is 3.96. The van der Waals surface area contributed by atoms with E-state index in [1.165, 1.54) is 0 Å². The van der Waals surface area contributed by atoms with E-state index in [4.69, 9.17) is 24.7 Å². The average Bonchev–Trinajstić information content (AvgIpc) is 3.37. The maximum Gasteiger partial charge on any atom is 0.513 e. The predicted octanol–water partition coefficient (Wildman–Crippen LogP) is 4.98. The van der Waals surface area contributed by atoms with Crippen molar-refractivity contribution in [3.63, 3.8) is 0 Å². The number of hydrogen-bond acceptors (Lipinski definition) is 7. The van der Waals surface area contributed by atoms with Gasteiger partial charge in [0.15, 0.2) is 0 Å². The number of halogens is 1. The smallest absolute Gasteiger partial charge is 0.497 e. The van der Waals surface area contributed by atoms with E-state index >= 15 is 0 Å². The molecule has 0 bridgehead atoms. The number of benzene rings is 3. The van der Waals surface area contributed by atoms with Crippen molar-refractivity contribution in [3.05, 3.63) is 89.6 Å². The highest BCUT2D eigenvalue weighted by atomic mass is 35.5. The summed E-state index contributed by atoms with van der Waals surface area (Å²) in [5.41, 5.74) is 9.85. The van der Waals surface area contributed by atoms with E-state index in [0.29, 0.717) is 23.7 Å². The fourth-order valence-electron chi connectivity index (χ4n) is 3.96. The van der Waals surface area contributed by atoms with Gasteiger partial charge in [0.25, 0.3) is 0 Å². The van der Waals surface area contributed by atoms with Crippen LogP contribution in [0.2, 0.25) is 0 Å². The molecule has 0 saturated heterocycles. The van der Waals surface area contributed by atoms with Crippen molar-refractivity contribution in [2.24, 2.45) is 5.73 Å². The Labute approximate surface area is 238 Å². The van der Waals surface area contributed by atoms with E-state index in [2.05, 4.69) is 10.3 Å². The van der Waals surface area contributed by atoms with Gasteiger partial charge >= 0.3 is 6.16 Å². The number of rotatable bonds is 11. The Hall–Kier alpha value is -4.47. The van der Waals surface area contributed by atoms with Crippen LogP contribution in [0.3, 0.4) is 0 Å². The monoisotopic (exact) mass is 565 g/mol. The first-order chi connectivity index (χ1) is 18.9. The molecular weight excluding hydrogens is 534 g/mol. The summed E-state index contributed by atoms with van der Waals surface area (Å²) in [6.07, 6.45) is 5.23. The zero-order valence-electron chi connectivity index (χ0n) is 22.2. The van der Waals surface area contributed by atoms with Crippen LogP contribution in [0.15, 0.2) is 72.9 Å². The van der Waals surface area contributed by atoms with Crippen LogP contribution < -0.4 is 25.3 Å². The minimum atomic E-state index is -0.862. The molecule has 0 aliphatic heterocycles. The van der Waals surface area contributed by atoms with E-state index in [1.807, 2.05) is 66.9 Å². The van der Waals surface area contributed by atoms with Crippen LogP contribution in [0.25, 0.3) is 23.1 Å². The Morgan fingerprint density at radius 3 is 2.30 bits per heavy atom. The molecule has 9 nitrogen and oxygen atoms in total. The first kappa shape index (κ1) is 30.1. The molecule has 0 spiro atoms. The van der Waals surface area contributed by atoms with Gasteiger partial charge in [-0.3, -0.25) is 4.79 Å². The van der Waals surface area contributed by atoms with Crippen LogP contribution in [0.5, 0.6) is 17.2 Å². The number of ether oxygens (including phenoxy) is 4. The van der Waals surface area contributed by atoms with Crippen molar-refractivity contribution < 1.29 is 28.5 Å². The van der Waals surface area contributed by atoms with Crippen molar-refractivity contribution in [2.75, 3.05) is 27.4 Å². The van der Waals surface area contributed by atoms with Crippen molar-refractivity contribution in [3.8, 4) is 17.2 Å². The summed E-state index contributed by atoms with van der Waals surface area (Å²) in [6.45, 7) is 0.0729. The molecule has 0 radical (unpaired) electrons. The third kappa shape index (κ3) is 8.26. The van der Waals surface area contributed by atoms with E-state index < -0.39 is 12.2 Å². The number of nitrogens with two attached hydrogens (primary N) is 1. The fraction of sp³-hybridized carbons (Fsp3) is 0.200. The van der Waals surface area contributed by atoms with Gasteiger partial charge in [-0.05, 0) is 53.4 Å². The maximum atomic E-state index is 12.3. The summed E-state index contributed by atoms with van der Waals surface area (Å²) in [7, 11) is 3.20. The molecule has 3 aromatic carbocycles. The molecule has 1 amide bonds. The van der Waals surface area contributed by atoms with Gasteiger partial charge in [-0.25, -0.2) is 4.79 Å². The minimum absolute atomic E-state index is 0. The van der Waals surface area contributed by atoms with Crippen molar-refractivity contribution in [1.82, 2.24) is 10.3 Å². The lowest BCUT2D eigenvalue weighted by atomic mass is 10.1. The summed E-state index contributed by atoms with van der Waals surface area (Å²) in [5, 5.41) is 3.72. The highest BCUT2D eigenvalue weighted by molar-refractivity contribution is 5.86. The van der Waals surface area contributed by atoms with Crippen LogP contribution in [0.4, 0.5) is 4.79 Å². The number of aromatic nitrogens is 1. The van der Waals surface area contributed by atoms with Gasteiger partial charge in [-0.15, -0.1) is 12.4 Å². The van der Waals surface area contributed by atoms with Gasteiger partial charge < -0.3 is 35.0 Å². The number of H-pyrrole nitrogens is 1. The lowest BCUT2D eigenvalue weighted by Crippen LogP contribution is -2.43. The molecule has 1 heterocycles. The lowest BCUT2D eigenvalue weighted by molar-refractivity contribution is -0.122. The van der Waals surface area contributed by atoms with E-state index in [9.17, 15) is 9.59 Å². The third-order valence-electron chi connectivity index (χ3n) is 6.00. The third-order valence-corrected chi connectivity index (χ3v) is 6.00. The van der Waals surface area contributed by atoms with Crippen molar-refractivity contribution in [1.29, 1.82) is 0 Å². The Morgan fingerprint density at radius 2 is 1.60 bits per heavy atom. The Bertz CT molecular complexity index is 1430. The Morgan fingerprint density at radius 1 is 0.925 bits per heavy atom. The molecule has 0 aliphatic carbocycles. The summed E-state index contributed by atoms with van der Waals surface area (Å²) < 4.78 is 20.8. The topological polar surface area (TPSA) is 125 Å². The molecule has 0 saturated carbocycles. The second-order valence-corrected chi connectivity index (χ2v) is 8.71. The predicted molar refractivity (Wildman–Crippen MR) is 157 cm³/mol. The van der Waals surface area contributed by atoms with Crippen LogP contribution in [0.1, 0.15) is 16.7 Å². The van der Waals surface area contributed by atoms with Gasteiger partial charge in [-0.2, -0.15) is 0 Å². The number of fused-ring (bicyclic) bond motifs is 1. The molecule has 210 valence electrons. The number of methoxy groups -OCH3 is 2. The molecule has 4 N–H and O–H groups in total. The summed E-state index contributed by atoms with van der Waals surface area (Å²) in [4.78, 5) is 27.5. The SMILES string of the molecule is COc1cc(C=Cc2ccc(OC(=O)OCCNC(=O)C(N)Cc3c[nH]c4ccccc34)cc2)cc(OC)c1.Cl. The van der Waals surface area contributed by atoms with Crippen molar-refractivity contribution in [2.45, 2.75) is 12.5 Å². The van der Waals surface area contributed by atoms with Crippen LogP contribution in [0, 0.1) is 0 Å². The molecule has 1 atom stereocenters. The summed E-state index contributed by atoms with van der Waals surface area (Å²) in [5.74, 6) is 1.41. The van der Waals surface area contributed by atoms with E-state index in [1.54, 1.807) is 32.4 Å². The van der Waals surface area contributed by atoms with Gasteiger partial charge in [0.05, 0.1) is 26.8 Å². The molecule has 0 aliphatic rings. The van der Waals surface area contributed by atoms with E-state index in [-0.39, 0.29) is 31.5 Å². The number of aromatic amines is 1. The lowest BCUT2D eigenvalue weighted by Gasteiger charge is -2.12. The zero-order valence-corrected chi connectivity index (χ0v) is 23.0. The maximum absolute atomic E-state index is 12.3. The van der Waals surface area contributed by atoms with Crippen LogP contribution >= 0.6 is 12.4 Å². The highest BCUT2D eigenvalue weighted by Crippen LogP contribution is 2.24. The second kappa shape index (κ2) is 14.6. The number of carbonyl (C=O) groups is 2. The number of amides is 1. The molecule has 10 heteroatoms. The Kier molecular flexibility index (Phi) is 11.0. The number of para-hydroxylation sites is 1. The van der Waals surface area contributed by atoms with Gasteiger partial charge in [0.1, 0.15) is 23.9 Å². The van der Waals surface area contributed by atoms with Crippen LogP contribution in [-0.4, -0.2) is 50.5 Å². The number of nitrogens with one attached hydrogen (secondary N) is 2. The van der Waals surface area contributed by atoms with Crippen molar-refractivity contribution >= 4 is 47.5 Å². The first-order valence-corrected chi connectivity index (χ1v) is 12.4. The molecule has 1 unspecified atom stereocenters. The minimum Gasteiger partial charge on any atom is -0.497 e. The molecule has 0 fully saturated rings. The normalized spacial score (nSPS) is 11.5. The largest absolute Gasteiger partial charge is 0.513 e. The molecule has 40 heavy (non-hydrogen) atoms. The Balaban J connectivity index is 0.00000441. The second-order valence-electron chi connectivity index (χ2n) is 8.71. The zero-order chi connectivity index (χ0) is 27.6. The first-order valence-electron chi connectivity index (χ1n) is 12.4. The summed E-state index contributed by atoms with van der Waals surface area (Å²) >= 11 is 0. The highest BCUT2D eigenvalue weighted by Gasteiger charge is 2.16. The summed E-state index contributed by atoms with van der Waals surface area (Å²) in [6, 6.07) is 19.6. The van der Waals surface area contributed by atoms with Gasteiger partial charge in [0.2, 0.25) is 5.91 Å². The molecular formula is C30H32ClN3O6. The number of hydrogen-bond donors (Lipinski definition) is 3. The quantitative estimate of drug-likeness (QED) is 0.101. The van der Waals surface area contributed by atoms with Gasteiger partial charge in [0, 0.05) is 23.2 Å². The molecule has 4 aromatic rings. The van der Waals surface area contributed by atoms with Gasteiger partial charge in [-0.1, -0.05) is 42.5 Å². The standard InChI is InChI=1S/C30H31N3O6.ClH/c1-36-24-15-21(16-25(18-24)37-2)8-7-20-9-11-23(12-10-20)39-30(35)38-14-13-32-29(34)27(31)17-22-19-33-28-6-4-3-5-26(22)28;/h3-12,15-16,18-19,27,33H,13-14,17,31H2,1-2H3,(H,32,34);1H.